The molecular formula is C12H12N4S. The minimum absolute atomic E-state index is 0.552. The lowest BCUT2D eigenvalue weighted by molar-refractivity contribution is 0.927. The van der Waals surface area contributed by atoms with Crippen molar-refractivity contribution in [1.29, 1.82) is 5.26 Å². The lowest BCUT2D eigenvalue weighted by Crippen LogP contribution is -1.94. The molecule has 0 spiro atoms. The van der Waals surface area contributed by atoms with Gasteiger partial charge in [-0.25, -0.2) is 9.97 Å². The summed E-state index contributed by atoms with van der Waals surface area (Å²) in [7, 11) is 0. The minimum atomic E-state index is 0.552. The Bertz CT molecular complexity index is 554. The number of nitriles is 1. The molecule has 0 aliphatic rings. The van der Waals surface area contributed by atoms with Crippen molar-refractivity contribution in [2.24, 2.45) is 0 Å². The number of hydrogen-bond acceptors (Lipinski definition) is 5. The number of nitrogens with two attached hydrogens (primary N) is 1. The summed E-state index contributed by atoms with van der Waals surface area (Å²) in [5, 5.41) is 9.01. The number of nitrogens with zero attached hydrogens (tertiary/aromatic N) is 3. The maximum Gasteiger partial charge on any atom is 0.169 e. The smallest absolute Gasteiger partial charge is 0.169 e. The number of aromatic nitrogens is 2. The Balaban J connectivity index is 2.58. The van der Waals surface area contributed by atoms with Gasteiger partial charge in [0.2, 0.25) is 0 Å². The van der Waals surface area contributed by atoms with Crippen LogP contribution >= 0.6 is 11.3 Å². The molecule has 0 saturated heterocycles. The molecule has 0 aliphatic heterocycles. The van der Waals surface area contributed by atoms with E-state index in [0.717, 1.165) is 23.3 Å². The van der Waals surface area contributed by atoms with E-state index >= 15 is 0 Å². The third-order valence-electron chi connectivity index (χ3n) is 2.42. The van der Waals surface area contributed by atoms with Crippen LogP contribution in [0.1, 0.15) is 23.8 Å². The zero-order valence-electron chi connectivity index (χ0n) is 9.47. The first-order chi connectivity index (χ1) is 8.27. The summed E-state index contributed by atoms with van der Waals surface area (Å²) < 4.78 is 0. The second-order valence-corrected chi connectivity index (χ2v) is 4.61. The van der Waals surface area contributed by atoms with E-state index in [0.29, 0.717) is 16.4 Å². The molecule has 86 valence electrons. The van der Waals surface area contributed by atoms with Crippen molar-refractivity contribution >= 4 is 17.0 Å². The van der Waals surface area contributed by atoms with Crippen LogP contribution in [-0.4, -0.2) is 9.97 Å². The van der Waals surface area contributed by atoms with E-state index in [4.69, 9.17) is 11.0 Å². The molecule has 2 heterocycles. The molecule has 0 fully saturated rings. The molecule has 4 nitrogen and oxygen atoms in total. The zero-order chi connectivity index (χ0) is 12.3. The Morgan fingerprint density at radius 3 is 2.71 bits per heavy atom. The normalized spacial score (nSPS) is 10.1. The fourth-order valence-corrected chi connectivity index (χ4v) is 2.67. The van der Waals surface area contributed by atoms with Crippen LogP contribution in [0.3, 0.4) is 0 Å². The van der Waals surface area contributed by atoms with Gasteiger partial charge in [-0.2, -0.15) is 5.26 Å². The Labute approximate surface area is 104 Å². The Morgan fingerprint density at radius 1 is 1.41 bits per heavy atom. The van der Waals surface area contributed by atoms with E-state index < -0.39 is 0 Å². The van der Waals surface area contributed by atoms with Gasteiger partial charge < -0.3 is 5.73 Å². The van der Waals surface area contributed by atoms with Crippen molar-refractivity contribution < 1.29 is 0 Å². The van der Waals surface area contributed by atoms with Crippen LogP contribution in [-0.2, 0) is 6.42 Å². The molecule has 2 aromatic heterocycles. The van der Waals surface area contributed by atoms with E-state index in [1.807, 2.05) is 0 Å². The number of nitrogen functional groups attached to an aromatic ring is 1. The number of rotatable bonds is 3. The Hall–Kier alpha value is -1.93. The molecule has 2 N–H and O–H groups in total. The molecule has 0 aliphatic carbocycles. The van der Waals surface area contributed by atoms with E-state index in [-0.39, 0.29) is 0 Å². The predicted molar refractivity (Wildman–Crippen MR) is 68.5 cm³/mol. The van der Waals surface area contributed by atoms with E-state index in [1.54, 1.807) is 18.5 Å². The second kappa shape index (κ2) is 4.93. The Morgan fingerprint density at radius 2 is 2.12 bits per heavy atom. The summed E-state index contributed by atoms with van der Waals surface area (Å²) in [6.45, 7) is 2.08. The SMILES string of the molecule is CCCc1c(-c2ncccn2)sc(C#N)c1N. The third kappa shape index (κ3) is 2.12. The standard InChI is InChI=1S/C12H12N4S/c1-2-4-8-10(14)9(7-13)17-11(8)12-15-5-3-6-16-12/h3,5-6H,2,4,14H2,1H3. The van der Waals surface area contributed by atoms with Gasteiger partial charge in [0.05, 0.1) is 10.6 Å². The molecule has 0 radical (unpaired) electrons. The highest BCUT2D eigenvalue weighted by atomic mass is 32.1. The van der Waals surface area contributed by atoms with Crippen LogP contribution in [0.2, 0.25) is 0 Å². The van der Waals surface area contributed by atoms with Gasteiger partial charge in [0.25, 0.3) is 0 Å². The molecule has 17 heavy (non-hydrogen) atoms. The van der Waals surface area contributed by atoms with Gasteiger partial charge in [-0.1, -0.05) is 13.3 Å². The molecule has 0 saturated carbocycles. The molecule has 0 bridgehead atoms. The molecular weight excluding hydrogens is 232 g/mol. The van der Waals surface area contributed by atoms with Crippen molar-refractivity contribution in [1.82, 2.24) is 9.97 Å². The van der Waals surface area contributed by atoms with E-state index in [2.05, 4.69) is 23.0 Å². The van der Waals surface area contributed by atoms with Crippen LogP contribution in [0.25, 0.3) is 10.7 Å². The average Bonchev–Trinajstić information content (AvgIpc) is 2.69. The van der Waals surface area contributed by atoms with Crippen LogP contribution in [0, 0.1) is 11.3 Å². The third-order valence-corrected chi connectivity index (χ3v) is 3.57. The van der Waals surface area contributed by atoms with Crippen molar-refractivity contribution in [3.05, 3.63) is 28.9 Å². The van der Waals surface area contributed by atoms with Gasteiger partial charge in [0.15, 0.2) is 5.82 Å². The Kier molecular flexibility index (Phi) is 3.35. The van der Waals surface area contributed by atoms with Gasteiger partial charge >= 0.3 is 0 Å². The van der Waals surface area contributed by atoms with Gasteiger partial charge in [0, 0.05) is 12.4 Å². The average molecular weight is 244 g/mol. The van der Waals surface area contributed by atoms with Crippen LogP contribution in [0.15, 0.2) is 18.5 Å². The quantitative estimate of drug-likeness (QED) is 0.900. The number of anilines is 1. The topological polar surface area (TPSA) is 75.6 Å². The molecule has 0 amide bonds. The summed E-state index contributed by atoms with van der Waals surface area (Å²) in [5.41, 5.74) is 7.56. The molecule has 0 aromatic carbocycles. The summed E-state index contributed by atoms with van der Waals surface area (Å²) >= 11 is 1.37. The lowest BCUT2D eigenvalue weighted by Gasteiger charge is -2.01. The zero-order valence-corrected chi connectivity index (χ0v) is 10.3. The van der Waals surface area contributed by atoms with Gasteiger partial charge in [-0.05, 0) is 18.1 Å². The fourth-order valence-electron chi connectivity index (χ4n) is 1.66. The first kappa shape index (κ1) is 11.6. The highest BCUT2D eigenvalue weighted by molar-refractivity contribution is 7.16. The first-order valence-electron chi connectivity index (χ1n) is 5.36. The van der Waals surface area contributed by atoms with Crippen LogP contribution in [0.4, 0.5) is 5.69 Å². The molecule has 0 unspecified atom stereocenters. The highest BCUT2D eigenvalue weighted by Crippen LogP contribution is 2.37. The van der Waals surface area contributed by atoms with Gasteiger partial charge in [-0.3, -0.25) is 0 Å². The lowest BCUT2D eigenvalue weighted by atomic mass is 10.1. The maximum absolute atomic E-state index is 9.01. The molecule has 5 heteroatoms. The van der Waals surface area contributed by atoms with Crippen molar-refractivity contribution in [2.75, 3.05) is 5.73 Å². The largest absolute Gasteiger partial charge is 0.397 e. The second-order valence-electron chi connectivity index (χ2n) is 3.59. The van der Waals surface area contributed by atoms with E-state index in [9.17, 15) is 0 Å². The van der Waals surface area contributed by atoms with Gasteiger partial charge in [-0.15, -0.1) is 11.3 Å². The van der Waals surface area contributed by atoms with E-state index in [1.165, 1.54) is 11.3 Å². The van der Waals surface area contributed by atoms with Gasteiger partial charge in [0.1, 0.15) is 10.9 Å². The molecule has 2 aromatic rings. The highest BCUT2D eigenvalue weighted by Gasteiger charge is 2.17. The summed E-state index contributed by atoms with van der Waals surface area (Å²) in [4.78, 5) is 9.90. The van der Waals surface area contributed by atoms with Crippen molar-refractivity contribution in [2.45, 2.75) is 19.8 Å². The minimum Gasteiger partial charge on any atom is -0.397 e. The number of thiophene rings is 1. The number of hydrogen-bond donors (Lipinski definition) is 1. The monoisotopic (exact) mass is 244 g/mol. The van der Waals surface area contributed by atoms with Crippen molar-refractivity contribution in [3.8, 4) is 16.8 Å². The van der Waals surface area contributed by atoms with Crippen molar-refractivity contribution in [3.63, 3.8) is 0 Å². The maximum atomic E-state index is 9.01. The van der Waals surface area contributed by atoms with Crippen LogP contribution < -0.4 is 5.73 Å². The molecule has 2 rings (SSSR count). The summed E-state index contributed by atoms with van der Waals surface area (Å²) in [6, 6.07) is 3.89. The fraction of sp³-hybridized carbons (Fsp3) is 0.250. The first-order valence-corrected chi connectivity index (χ1v) is 6.18. The summed E-state index contributed by atoms with van der Waals surface area (Å²) in [6.07, 6.45) is 5.21. The molecule has 0 atom stereocenters. The predicted octanol–water partition coefficient (Wildman–Crippen LogP) is 2.61. The van der Waals surface area contributed by atoms with Crippen LogP contribution in [0.5, 0.6) is 0 Å². The summed E-state index contributed by atoms with van der Waals surface area (Å²) in [5.74, 6) is 0.647.